The van der Waals surface area contributed by atoms with Gasteiger partial charge in [0.25, 0.3) is 0 Å². The standard InChI is InChI=1S/C3H6Br2O3S.Na/c1-2-3(4,5)9(6,7)8;/h2H2,1H3,(H,6,7,8);/q;+1/p-1. The van der Waals surface area contributed by atoms with Gasteiger partial charge in [-0.2, -0.15) is 0 Å². The molecule has 0 atom stereocenters. The first-order valence-electron chi connectivity index (χ1n) is 2.14. The monoisotopic (exact) mass is 302 g/mol. The fraction of sp³-hybridized carbons (Fsp3) is 1.00. The Bertz CT molecular complexity index is 188. The van der Waals surface area contributed by atoms with Crippen molar-refractivity contribution in [2.45, 2.75) is 15.9 Å². The van der Waals surface area contributed by atoms with Crippen molar-refractivity contribution in [3.63, 3.8) is 0 Å². The molecule has 0 unspecified atom stereocenters. The van der Waals surface area contributed by atoms with Gasteiger partial charge in [-0.15, -0.1) is 0 Å². The fourth-order valence-corrected chi connectivity index (χ4v) is 0.530. The van der Waals surface area contributed by atoms with Crippen molar-refractivity contribution >= 4 is 42.0 Å². The minimum absolute atomic E-state index is 0. The van der Waals surface area contributed by atoms with Crippen LogP contribution in [0.4, 0.5) is 0 Å². The van der Waals surface area contributed by atoms with Gasteiger partial charge in [-0.05, 0) is 6.42 Å². The van der Waals surface area contributed by atoms with E-state index in [4.69, 9.17) is 0 Å². The number of halogens is 2. The van der Waals surface area contributed by atoms with Gasteiger partial charge in [0.15, 0.2) is 2.57 Å². The Hall–Kier alpha value is 1.87. The number of alkyl halides is 2. The Kier molecular flexibility index (Phi) is 6.89. The summed E-state index contributed by atoms with van der Waals surface area (Å²) in [4.78, 5) is 0. The second-order valence-corrected chi connectivity index (χ2v) is 7.87. The van der Waals surface area contributed by atoms with Crippen LogP contribution >= 0.6 is 31.9 Å². The van der Waals surface area contributed by atoms with E-state index in [1.165, 1.54) is 0 Å². The van der Waals surface area contributed by atoms with Crippen LogP contribution in [0, 0.1) is 0 Å². The third kappa shape index (κ3) is 4.04. The van der Waals surface area contributed by atoms with Crippen molar-refractivity contribution in [1.82, 2.24) is 0 Å². The largest absolute Gasteiger partial charge is 1.00 e. The molecule has 0 amide bonds. The maximum absolute atomic E-state index is 10.2. The molecule has 0 saturated heterocycles. The van der Waals surface area contributed by atoms with Crippen molar-refractivity contribution < 1.29 is 42.5 Å². The fourth-order valence-electron chi connectivity index (χ4n) is 0.177. The topological polar surface area (TPSA) is 57.2 Å². The van der Waals surface area contributed by atoms with Gasteiger partial charge in [0, 0.05) is 0 Å². The molecule has 0 aliphatic rings. The van der Waals surface area contributed by atoms with Gasteiger partial charge < -0.3 is 4.55 Å². The first kappa shape index (κ1) is 14.4. The van der Waals surface area contributed by atoms with Crippen LogP contribution in [0.1, 0.15) is 13.3 Å². The van der Waals surface area contributed by atoms with Crippen LogP contribution in [-0.4, -0.2) is 15.5 Å². The molecule has 0 N–H and O–H groups in total. The van der Waals surface area contributed by atoms with Crippen molar-refractivity contribution in [2.24, 2.45) is 0 Å². The molecule has 0 aliphatic carbocycles. The normalized spacial score (nSPS) is 12.4. The second kappa shape index (κ2) is 4.79. The van der Waals surface area contributed by atoms with Gasteiger partial charge in [-0.1, -0.05) is 38.8 Å². The average molecular weight is 304 g/mol. The first-order chi connectivity index (χ1) is 3.81. The van der Waals surface area contributed by atoms with E-state index in [2.05, 4.69) is 31.9 Å². The zero-order chi connectivity index (χ0) is 7.71. The Labute approximate surface area is 99.2 Å². The molecule has 0 radical (unpaired) electrons. The molecule has 0 aromatic heterocycles. The second-order valence-electron chi connectivity index (χ2n) is 1.45. The summed E-state index contributed by atoms with van der Waals surface area (Å²) in [5.74, 6) is 0. The molecule has 56 valence electrons. The van der Waals surface area contributed by atoms with Crippen molar-refractivity contribution in [3.8, 4) is 0 Å². The molecule has 0 bridgehead atoms. The molecule has 10 heavy (non-hydrogen) atoms. The van der Waals surface area contributed by atoms with E-state index in [1.807, 2.05) is 0 Å². The van der Waals surface area contributed by atoms with Crippen molar-refractivity contribution in [1.29, 1.82) is 0 Å². The Morgan fingerprint density at radius 3 is 1.80 bits per heavy atom. The molecule has 7 heteroatoms. The average Bonchev–Trinajstić information content (AvgIpc) is 1.64. The summed E-state index contributed by atoms with van der Waals surface area (Å²) in [5.41, 5.74) is 0. The van der Waals surface area contributed by atoms with Crippen LogP contribution in [0.25, 0.3) is 0 Å². The van der Waals surface area contributed by atoms with E-state index < -0.39 is 12.7 Å². The van der Waals surface area contributed by atoms with Crippen LogP contribution in [0.5, 0.6) is 0 Å². The molecular formula is C3H5Br2NaO3S. The van der Waals surface area contributed by atoms with Gasteiger partial charge in [0.2, 0.25) is 0 Å². The smallest absolute Gasteiger partial charge is 0.746 e. The summed E-state index contributed by atoms with van der Waals surface area (Å²) >= 11 is 5.44. The van der Waals surface area contributed by atoms with E-state index in [0.29, 0.717) is 0 Å². The Morgan fingerprint density at radius 2 is 1.80 bits per heavy atom. The SMILES string of the molecule is CCC(Br)(Br)S(=O)(=O)[O-].[Na+]. The van der Waals surface area contributed by atoms with Gasteiger partial charge in [0.05, 0.1) is 0 Å². The van der Waals surface area contributed by atoms with Crippen LogP contribution in [-0.2, 0) is 10.1 Å². The molecule has 0 spiro atoms. The summed E-state index contributed by atoms with van der Waals surface area (Å²) in [7, 11) is -4.27. The quantitative estimate of drug-likeness (QED) is 0.350. The zero-order valence-electron chi connectivity index (χ0n) is 5.60. The van der Waals surface area contributed by atoms with Gasteiger partial charge in [0.1, 0.15) is 10.1 Å². The van der Waals surface area contributed by atoms with E-state index in [9.17, 15) is 13.0 Å². The van der Waals surface area contributed by atoms with Crippen LogP contribution < -0.4 is 29.6 Å². The molecule has 3 nitrogen and oxygen atoms in total. The van der Waals surface area contributed by atoms with E-state index in [0.717, 1.165) is 0 Å². The summed E-state index contributed by atoms with van der Waals surface area (Å²) in [5, 5.41) is 0. The van der Waals surface area contributed by atoms with Gasteiger partial charge in [-0.25, -0.2) is 8.42 Å². The number of rotatable bonds is 2. The predicted octanol–water partition coefficient (Wildman–Crippen LogP) is -1.61. The minimum Gasteiger partial charge on any atom is -0.746 e. The first-order valence-corrected chi connectivity index (χ1v) is 5.14. The number of hydrogen-bond acceptors (Lipinski definition) is 3. The Balaban J connectivity index is 0. The maximum atomic E-state index is 10.2. The molecule has 0 rings (SSSR count). The summed E-state index contributed by atoms with van der Waals surface area (Å²) in [6.07, 6.45) is 0.193. The molecule has 0 aromatic rings. The number of hydrogen-bond donors (Lipinski definition) is 0. The van der Waals surface area contributed by atoms with Gasteiger partial charge in [-0.3, -0.25) is 0 Å². The predicted molar refractivity (Wildman–Crippen MR) is 40.6 cm³/mol. The molecule has 0 saturated carbocycles. The van der Waals surface area contributed by atoms with Crippen molar-refractivity contribution in [2.75, 3.05) is 0 Å². The van der Waals surface area contributed by atoms with Crippen LogP contribution in [0.15, 0.2) is 0 Å². The van der Waals surface area contributed by atoms with Crippen molar-refractivity contribution in [3.05, 3.63) is 0 Å². The van der Waals surface area contributed by atoms with E-state index in [1.54, 1.807) is 6.92 Å². The third-order valence-corrected chi connectivity index (χ3v) is 5.30. The maximum Gasteiger partial charge on any atom is 1.00 e. The Morgan fingerprint density at radius 1 is 1.50 bits per heavy atom. The van der Waals surface area contributed by atoms with Gasteiger partial charge >= 0.3 is 29.6 Å². The molecule has 0 aliphatic heterocycles. The summed E-state index contributed by atoms with van der Waals surface area (Å²) in [6, 6.07) is 0. The molecule has 0 heterocycles. The molecular weight excluding hydrogens is 299 g/mol. The van der Waals surface area contributed by atoms with Crippen LogP contribution in [0.2, 0.25) is 0 Å². The zero-order valence-corrected chi connectivity index (χ0v) is 11.6. The van der Waals surface area contributed by atoms with Crippen LogP contribution in [0.3, 0.4) is 0 Å². The molecule has 0 fully saturated rings. The summed E-state index contributed by atoms with van der Waals surface area (Å²) < 4.78 is 29.2. The molecule has 0 aromatic carbocycles. The van der Waals surface area contributed by atoms with E-state index >= 15 is 0 Å². The minimum atomic E-state index is -4.27. The third-order valence-electron chi connectivity index (χ3n) is 0.777. The van der Waals surface area contributed by atoms with E-state index in [-0.39, 0.29) is 36.0 Å². The summed E-state index contributed by atoms with van der Waals surface area (Å²) in [6.45, 7) is 1.58.